The van der Waals surface area contributed by atoms with E-state index in [4.69, 9.17) is 24.3 Å². The van der Waals surface area contributed by atoms with Gasteiger partial charge in [-0.05, 0) is 123 Å². The number of ether oxygens (including phenoxy) is 3. The summed E-state index contributed by atoms with van der Waals surface area (Å²) in [7, 11) is 1.53. The summed E-state index contributed by atoms with van der Waals surface area (Å²) in [4.78, 5) is 37.4. The number of nitrogens with one attached hydrogen (secondary N) is 1. The first kappa shape index (κ1) is 50.0. The minimum Gasteiger partial charge on any atom is -0.495 e. The fourth-order valence-corrected chi connectivity index (χ4v) is 12.8. The third-order valence-corrected chi connectivity index (χ3v) is 16.6. The van der Waals surface area contributed by atoms with Crippen molar-refractivity contribution in [3.8, 4) is 28.7 Å². The highest BCUT2D eigenvalue weighted by atomic mass is 19.3. The van der Waals surface area contributed by atoms with Crippen molar-refractivity contribution in [1.82, 2.24) is 25.0 Å². The second-order valence-electron chi connectivity index (χ2n) is 21.9. The van der Waals surface area contributed by atoms with Crippen LogP contribution >= 0.6 is 0 Å². The van der Waals surface area contributed by atoms with Crippen LogP contribution in [0.4, 0.5) is 26.0 Å². The molecule has 0 atom stereocenters. The first-order valence-electron chi connectivity index (χ1n) is 26.2. The fraction of sp³-hybridized carbons (Fsp3) is 0.500. The number of alkyl halides is 2. The number of methoxy groups -OCH3 is 1. The van der Waals surface area contributed by atoms with E-state index in [1.807, 2.05) is 47.4 Å². The molecule has 10 rings (SSSR count). The lowest BCUT2D eigenvalue weighted by molar-refractivity contribution is -0.164. The molecule has 3 fully saturated rings. The number of aromatic nitrogens is 3. The molecule has 4 aliphatic heterocycles. The minimum atomic E-state index is -2.68. The van der Waals surface area contributed by atoms with Gasteiger partial charge in [-0.2, -0.15) is 10.4 Å². The molecule has 0 spiro atoms. The number of aryl methyl sites for hydroxylation is 2. The molecule has 5 aromatic rings. The van der Waals surface area contributed by atoms with Crippen LogP contribution in [0.5, 0.6) is 11.5 Å². The molecule has 1 aliphatic carbocycles. The second kappa shape index (κ2) is 20.4. The molecule has 15 heteroatoms. The van der Waals surface area contributed by atoms with Crippen molar-refractivity contribution in [2.24, 2.45) is 16.7 Å². The SMILES string of the molecule is COc1cc(OC2C(C)(C)C(NC(=O)c3ccc(N4CCC(CCc5ccc(-c6cc7c(cc6C(F)F)N(c6nn(C8CCOCC8)c8c6CN(C(C)=O)CC8)CCC7)cn5)CC4)cc3)C2(C)C)ccc1C#N. The Morgan fingerprint density at radius 2 is 1.68 bits per heavy atom. The van der Waals surface area contributed by atoms with Crippen LogP contribution < -0.4 is 24.6 Å². The standard InChI is InChI=1S/C58H68F2N8O5/c1-36(69)66-27-21-49-48(35-66)53(64-68(49)44-22-28-72-29-23-44)67-24-7-8-39-30-46(47(52(59)60)32-50(39)67)41-10-15-42(62-34-41)14-9-37-19-25-65(26-20-37)43-16-11-38(12-17-43)54(70)63-55-57(2,3)56(58(55,4)5)73-45-18-13-40(33-61)51(31-45)71-6/h10-13,15-18,30-32,34,37,44,52,55-56H,7-9,14,19-29,35H2,1-6H3,(H,63,70). The van der Waals surface area contributed by atoms with Gasteiger partial charge in [-0.1, -0.05) is 33.8 Å². The first-order chi connectivity index (χ1) is 35.1. The number of amides is 2. The second-order valence-corrected chi connectivity index (χ2v) is 21.9. The highest BCUT2D eigenvalue weighted by Crippen LogP contribution is 2.56. The smallest absolute Gasteiger partial charge is 0.264 e. The Morgan fingerprint density at radius 3 is 2.36 bits per heavy atom. The summed E-state index contributed by atoms with van der Waals surface area (Å²) >= 11 is 0. The average molecular weight is 995 g/mol. The number of hydrogen-bond donors (Lipinski definition) is 1. The number of piperidine rings is 1. The van der Waals surface area contributed by atoms with Gasteiger partial charge in [0.2, 0.25) is 5.91 Å². The van der Waals surface area contributed by atoms with E-state index in [9.17, 15) is 14.9 Å². The number of rotatable bonds is 13. The maximum Gasteiger partial charge on any atom is 0.264 e. The number of anilines is 3. The van der Waals surface area contributed by atoms with E-state index >= 15 is 8.78 Å². The molecule has 1 saturated carbocycles. The zero-order chi connectivity index (χ0) is 51.2. The van der Waals surface area contributed by atoms with Crippen molar-refractivity contribution in [3.05, 3.63) is 112 Å². The molecule has 2 aromatic heterocycles. The Hall–Kier alpha value is -6.53. The molecule has 5 aliphatic rings. The zero-order valence-corrected chi connectivity index (χ0v) is 43.1. The predicted molar refractivity (Wildman–Crippen MR) is 277 cm³/mol. The first-order valence-corrected chi connectivity index (χ1v) is 26.2. The summed E-state index contributed by atoms with van der Waals surface area (Å²) in [6, 6.07) is 22.9. The van der Waals surface area contributed by atoms with Crippen molar-refractivity contribution >= 4 is 29.0 Å². The Balaban J connectivity index is 0.742. The lowest BCUT2D eigenvalue weighted by atomic mass is 9.49. The van der Waals surface area contributed by atoms with Crippen LogP contribution in [-0.2, 0) is 35.3 Å². The minimum absolute atomic E-state index is 0.0152. The molecule has 0 bridgehead atoms. The van der Waals surface area contributed by atoms with Crippen LogP contribution in [0.1, 0.15) is 130 Å². The molecule has 0 radical (unpaired) electrons. The molecular weight excluding hydrogens is 927 g/mol. The highest BCUT2D eigenvalue weighted by molar-refractivity contribution is 5.95. The molecule has 0 unspecified atom stereocenters. The number of nitriles is 1. The van der Waals surface area contributed by atoms with Crippen LogP contribution in [0.15, 0.2) is 72.9 Å². The lowest BCUT2D eigenvalue weighted by Gasteiger charge is -2.63. The van der Waals surface area contributed by atoms with Gasteiger partial charge < -0.3 is 34.2 Å². The highest BCUT2D eigenvalue weighted by Gasteiger charge is 2.64. The summed E-state index contributed by atoms with van der Waals surface area (Å²) in [6.45, 7) is 15.0. The number of nitrogens with zero attached hydrogens (tertiary/aromatic N) is 7. The van der Waals surface area contributed by atoms with Crippen molar-refractivity contribution in [3.63, 3.8) is 0 Å². The number of halogens is 2. The van der Waals surface area contributed by atoms with Gasteiger partial charge >= 0.3 is 0 Å². The van der Waals surface area contributed by atoms with Gasteiger partial charge in [-0.3, -0.25) is 19.3 Å². The number of carbonyl (C=O) groups is 2. The van der Waals surface area contributed by atoms with Gasteiger partial charge in [0.05, 0.1) is 25.3 Å². The Morgan fingerprint density at radius 1 is 0.932 bits per heavy atom. The van der Waals surface area contributed by atoms with Crippen LogP contribution in [0.25, 0.3) is 11.1 Å². The maximum atomic E-state index is 15.1. The number of benzene rings is 3. The lowest BCUT2D eigenvalue weighted by Crippen LogP contribution is -2.74. The molecule has 1 N–H and O–H groups in total. The number of carbonyl (C=O) groups excluding carboxylic acids is 2. The summed E-state index contributed by atoms with van der Waals surface area (Å²) in [6.07, 6.45) is 6.86. The molecular formula is C58H68F2N8O5. The van der Waals surface area contributed by atoms with E-state index in [1.165, 1.54) is 7.11 Å². The van der Waals surface area contributed by atoms with E-state index in [2.05, 4.69) is 53.6 Å². The maximum absolute atomic E-state index is 15.1. The number of pyridine rings is 1. The van der Waals surface area contributed by atoms with E-state index in [-0.39, 0.29) is 46.4 Å². The summed E-state index contributed by atoms with van der Waals surface area (Å²) in [5.41, 5.74) is 7.52. The Bertz CT molecular complexity index is 2860. The molecule has 3 aromatic carbocycles. The van der Waals surface area contributed by atoms with Gasteiger partial charge in [0.15, 0.2) is 5.82 Å². The quantitative estimate of drug-likeness (QED) is 0.121. The van der Waals surface area contributed by atoms with Crippen molar-refractivity contribution in [2.45, 2.75) is 124 Å². The Labute approximate surface area is 427 Å². The van der Waals surface area contributed by atoms with Crippen LogP contribution in [0.2, 0.25) is 0 Å². The summed E-state index contributed by atoms with van der Waals surface area (Å²) in [5, 5.41) is 17.9. The summed E-state index contributed by atoms with van der Waals surface area (Å²) < 4.78 is 49.9. The van der Waals surface area contributed by atoms with Gasteiger partial charge in [-0.15, -0.1) is 0 Å². The van der Waals surface area contributed by atoms with Gasteiger partial charge in [0, 0.05) is 127 Å². The number of hydrogen-bond acceptors (Lipinski definition) is 10. The van der Waals surface area contributed by atoms with Crippen molar-refractivity contribution in [2.75, 3.05) is 56.3 Å². The monoisotopic (exact) mass is 995 g/mol. The van der Waals surface area contributed by atoms with Gasteiger partial charge in [-0.25, -0.2) is 8.78 Å². The van der Waals surface area contributed by atoms with Gasteiger partial charge in [0.25, 0.3) is 12.3 Å². The van der Waals surface area contributed by atoms with Crippen molar-refractivity contribution in [1.29, 1.82) is 5.26 Å². The number of fused-ring (bicyclic) bond motifs is 2. The average Bonchev–Trinajstić information content (AvgIpc) is 3.79. The summed E-state index contributed by atoms with van der Waals surface area (Å²) in [5.74, 6) is 2.31. The van der Waals surface area contributed by atoms with E-state index in [0.717, 1.165) is 104 Å². The zero-order valence-electron chi connectivity index (χ0n) is 43.1. The van der Waals surface area contributed by atoms with E-state index in [1.54, 1.807) is 37.4 Å². The molecule has 73 heavy (non-hydrogen) atoms. The predicted octanol–water partition coefficient (Wildman–Crippen LogP) is 10.6. The van der Waals surface area contributed by atoms with E-state index in [0.29, 0.717) is 78.9 Å². The molecule has 13 nitrogen and oxygen atoms in total. The largest absolute Gasteiger partial charge is 0.495 e. The fourth-order valence-electron chi connectivity index (χ4n) is 12.8. The third-order valence-electron chi connectivity index (χ3n) is 16.6. The topological polar surface area (TPSA) is 138 Å². The van der Waals surface area contributed by atoms with Crippen LogP contribution in [0.3, 0.4) is 0 Å². The van der Waals surface area contributed by atoms with Crippen molar-refractivity contribution < 1.29 is 32.6 Å². The van der Waals surface area contributed by atoms with E-state index < -0.39 is 6.43 Å². The molecule has 2 saturated heterocycles. The normalized spacial score (nSPS) is 20.7. The third kappa shape index (κ3) is 9.75. The van der Waals surface area contributed by atoms with Crippen LogP contribution in [-0.4, -0.2) is 90.1 Å². The molecule has 384 valence electrons. The Kier molecular flexibility index (Phi) is 14.0. The van der Waals surface area contributed by atoms with Gasteiger partial charge in [0.1, 0.15) is 23.7 Å². The molecule has 6 heterocycles. The van der Waals surface area contributed by atoms with Crippen LogP contribution in [0, 0.1) is 28.1 Å². The molecule has 2 amide bonds.